The number of carbonyl (C=O) groups is 1. The van der Waals surface area contributed by atoms with Gasteiger partial charge in [0.25, 0.3) is 0 Å². The van der Waals surface area contributed by atoms with Crippen LogP contribution in [0.15, 0.2) is 0 Å². The van der Waals surface area contributed by atoms with Gasteiger partial charge in [-0.05, 0) is 32.2 Å². The third-order valence-electron chi connectivity index (χ3n) is 4.74. The number of rotatable bonds is 7. The lowest BCUT2D eigenvalue weighted by molar-refractivity contribution is -0.132. The molecule has 1 unspecified atom stereocenters. The molecule has 0 spiro atoms. The van der Waals surface area contributed by atoms with Crippen molar-refractivity contribution in [2.24, 2.45) is 5.73 Å². The van der Waals surface area contributed by atoms with Gasteiger partial charge in [0.1, 0.15) is 0 Å². The molecular weight excluding hydrogens is 252 g/mol. The normalized spacial score (nSPS) is 22.8. The number of piperazine rings is 1. The first-order valence-corrected chi connectivity index (χ1v) is 8.07. The van der Waals surface area contributed by atoms with Crippen LogP contribution in [0.25, 0.3) is 0 Å². The molecule has 116 valence electrons. The number of carbonyl (C=O) groups excluding carboxylic acids is 1. The van der Waals surface area contributed by atoms with Crippen molar-refractivity contribution in [1.82, 2.24) is 14.7 Å². The summed E-state index contributed by atoms with van der Waals surface area (Å²) in [6.45, 7) is 7.74. The highest BCUT2D eigenvalue weighted by Gasteiger charge is 2.31. The Morgan fingerprint density at radius 2 is 1.95 bits per heavy atom. The van der Waals surface area contributed by atoms with E-state index >= 15 is 0 Å². The Morgan fingerprint density at radius 3 is 2.45 bits per heavy atom. The number of hydrogen-bond donors (Lipinski definition) is 1. The van der Waals surface area contributed by atoms with E-state index < -0.39 is 0 Å². The second kappa shape index (κ2) is 7.38. The van der Waals surface area contributed by atoms with E-state index in [2.05, 4.69) is 16.7 Å². The average molecular weight is 282 g/mol. The van der Waals surface area contributed by atoms with E-state index in [1.165, 1.54) is 19.3 Å². The molecule has 0 aromatic heterocycles. The second-order valence-electron chi connectivity index (χ2n) is 6.19. The molecule has 1 atom stereocenters. The molecule has 2 fully saturated rings. The lowest BCUT2D eigenvalue weighted by Gasteiger charge is -2.39. The zero-order chi connectivity index (χ0) is 14.5. The van der Waals surface area contributed by atoms with Crippen molar-refractivity contribution in [3.05, 3.63) is 0 Å². The molecule has 1 amide bonds. The molecule has 2 N–H and O–H groups in total. The van der Waals surface area contributed by atoms with Crippen molar-refractivity contribution in [2.45, 2.75) is 44.7 Å². The summed E-state index contributed by atoms with van der Waals surface area (Å²) in [5.41, 5.74) is 5.69. The van der Waals surface area contributed by atoms with E-state index in [-0.39, 0.29) is 5.91 Å². The number of nitrogens with zero attached hydrogens (tertiary/aromatic N) is 3. The summed E-state index contributed by atoms with van der Waals surface area (Å²) in [5, 5.41) is 0. The molecule has 1 heterocycles. The van der Waals surface area contributed by atoms with Gasteiger partial charge in [0.05, 0.1) is 6.54 Å². The van der Waals surface area contributed by atoms with Gasteiger partial charge < -0.3 is 10.6 Å². The molecule has 2 rings (SSSR count). The Hall–Kier alpha value is -0.650. The number of hydrogen-bond acceptors (Lipinski definition) is 4. The third-order valence-corrected chi connectivity index (χ3v) is 4.74. The smallest absolute Gasteiger partial charge is 0.236 e. The van der Waals surface area contributed by atoms with Gasteiger partial charge in [0.15, 0.2) is 0 Å². The summed E-state index contributed by atoms with van der Waals surface area (Å²) in [6, 6.07) is 1.14. The molecule has 1 saturated carbocycles. The minimum atomic E-state index is 0.287. The quantitative estimate of drug-likeness (QED) is 0.732. The van der Waals surface area contributed by atoms with Crippen LogP contribution in [0.5, 0.6) is 0 Å². The van der Waals surface area contributed by atoms with Crippen LogP contribution < -0.4 is 5.73 Å². The minimum absolute atomic E-state index is 0.287. The van der Waals surface area contributed by atoms with E-state index in [1.807, 2.05) is 11.9 Å². The van der Waals surface area contributed by atoms with Crippen molar-refractivity contribution in [3.63, 3.8) is 0 Å². The zero-order valence-electron chi connectivity index (χ0n) is 13.1. The van der Waals surface area contributed by atoms with Crippen LogP contribution in [0.3, 0.4) is 0 Å². The Bertz CT molecular complexity index is 311. The van der Waals surface area contributed by atoms with Gasteiger partial charge in [-0.2, -0.15) is 0 Å². The fourth-order valence-electron chi connectivity index (χ4n) is 3.09. The van der Waals surface area contributed by atoms with Crippen LogP contribution in [0.2, 0.25) is 0 Å². The maximum Gasteiger partial charge on any atom is 0.236 e. The first-order valence-electron chi connectivity index (χ1n) is 8.07. The van der Waals surface area contributed by atoms with Crippen molar-refractivity contribution in [1.29, 1.82) is 0 Å². The van der Waals surface area contributed by atoms with E-state index in [0.717, 1.165) is 39.1 Å². The monoisotopic (exact) mass is 282 g/mol. The molecule has 0 aromatic carbocycles. The predicted octanol–water partition coefficient (Wildman–Crippen LogP) is 0.352. The van der Waals surface area contributed by atoms with E-state index in [9.17, 15) is 4.79 Å². The van der Waals surface area contributed by atoms with Crippen LogP contribution in [0.4, 0.5) is 0 Å². The fourth-order valence-corrected chi connectivity index (χ4v) is 3.09. The predicted molar refractivity (Wildman–Crippen MR) is 81.6 cm³/mol. The minimum Gasteiger partial charge on any atom is -0.342 e. The molecule has 1 aliphatic heterocycles. The number of likely N-dealkylation sites (N-methyl/N-ethyl adjacent to an activating group) is 1. The van der Waals surface area contributed by atoms with Gasteiger partial charge >= 0.3 is 0 Å². The first-order chi connectivity index (χ1) is 9.65. The summed E-state index contributed by atoms with van der Waals surface area (Å²) in [5.74, 6) is 0.287. The maximum absolute atomic E-state index is 12.1. The van der Waals surface area contributed by atoms with Gasteiger partial charge in [-0.15, -0.1) is 0 Å². The summed E-state index contributed by atoms with van der Waals surface area (Å²) in [4.78, 5) is 18.9. The standard InChI is InChI=1S/C15H30N4O/c1-3-13(6-7-16)19-10-8-18(9-11-19)12-15(20)17(2)14-4-5-14/h13-14H,3-12,16H2,1-2H3. The Morgan fingerprint density at radius 1 is 1.30 bits per heavy atom. The van der Waals surface area contributed by atoms with Gasteiger partial charge in [-0.1, -0.05) is 6.92 Å². The second-order valence-corrected chi connectivity index (χ2v) is 6.19. The lowest BCUT2D eigenvalue weighted by atomic mass is 10.1. The molecule has 20 heavy (non-hydrogen) atoms. The Balaban J connectivity index is 1.71. The molecule has 1 saturated heterocycles. The van der Waals surface area contributed by atoms with Crippen molar-refractivity contribution >= 4 is 5.91 Å². The zero-order valence-corrected chi connectivity index (χ0v) is 13.1. The van der Waals surface area contributed by atoms with Crippen LogP contribution >= 0.6 is 0 Å². The van der Waals surface area contributed by atoms with Crippen LogP contribution in [-0.4, -0.2) is 79.0 Å². The molecule has 1 aliphatic carbocycles. The number of amides is 1. The summed E-state index contributed by atoms with van der Waals surface area (Å²) in [7, 11) is 1.95. The highest BCUT2D eigenvalue weighted by molar-refractivity contribution is 5.78. The van der Waals surface area contributed by atoms with Gasteiger partial charge in [0.2, 0.25) is 5.91 Å². The van der Waals surface area contributed by atoms with Crippen molar-refractivity contribution < 1.29 is 4.79 Å². The van der Waals surface area contributed by atoms with Crippen molar-refractivity contribution in [2.75, 3.05) is 46.3 Å². The van der Waals surface area contributed by atoms with Gasteiger partial charge in [0, 0.05) is 45.3 Å². The molecular formula is C15H30N4O. The number of nitrogens with two attached hydrogens (primary N) is 1. The van der Waals surface area contributed by atoms with E-state index in [4.69, 9.17) is 5.73 Å². The molecule has 0 bridgehead atoms. The van der Waals surface area contributed by atoms with E-state index in [0.29, 0.717) is 18.6 Å². The highest BCUT2D eigenvalue weighted by Crippen LogP contribution is 2.25. The van der Waals surface area contributed by atoms with Crippen LogP contribution in [0, 0.1) is 0 Å². The maximum atomic E-state index is 12.1. The Labute approximate surface area is 123 Å². The molecule has 0 radical (unpaired) electrons. The molecule has 0 aromatic rings. The van der Waals surface area contributed by atoms with Gasteiger partial charge in [-0.25, -0.2) is 0 Å². The van der Waals surface area contributed by atoms with E-state index in [1.54, 1.807) is 0 Å². The molecule has 2 aliphatic rings. The average Bonchev–Trinajstić information content (AvgIpc) is 3.29. The third kappa shape index (κ3) is 4.17. The van der Waals surface area contributed by atoms with Crippen LogP contribution in [0.1, 0.15) is 32.6 Å². The first kappa shape index (κ1) is 15.7. The summed E-state index contributed by atoms with van der Waals surface area (Å²) >= 11 is 0. The molecule has 5 heteroatoms. The van der Waals surface area contributed by atoms with Crippen LogP contribution in [-0.2, 0) is 4.79 Å². The lowest BCUT2D eigenvalue weighted by Crippen LogP contribution is -2.52. The fraction of sp³-hybridized carbons (Fsp3) is 0.933. The highest BCUT2D eigenvalue weighted by atomic mass is 16.2. The Kier molecular flexibility index (Phi) is 5.81. The van der Waals surface area contributed by atoms with Crippen molar-refractivity contribution in [3.8, 4) is 0 Å². The SMILES string of the molecule is CCC(CCN)N1CCN(CC(=O)N(C)C2CC2)CC1. The molecule has 5 nitrogen and oxygen atoms in total. The topological polar surface area (TPSA) is 52.8 Å². The summed E-state index contributed by atoms with van der Waals surface area (Å²) < 4.78 is 0. The largest absolute Gasteiger partial charge is 0.342 e. The summed E-state index contributed by atoms with van der Waals surface area (Å²) in [6.07, 6.45) is 4.63. The van der Waals surface area contributed by atoms with Gasteiger partial charge in [-0.3, -0.25) is 14.6 Å².